The van der Waals surface area contributed by atoms with Crippen LogP contribution in [-0.4, -0.2) is 55.8 Å². The molecule has 0 spiro atoms. The van der Waals surface area contributed by atoms with Gasteiger partial charge < -0.3 is 31.3 Å². The third kappa shape index (κ3) is 8.32. The number of halogens is 1. The Morgan fingerprint density at radius 2 is 1.83 bits per heavy atom. The van der Waals surface area contributed by atoms with Gasteiger partial charge in [0.15, 0.2) is 15.7 Å². The zero-order chi connectivity index (χ0) is 30.0. The van der Waals surface area contributed by atoms with E-state index in [1.807, 2.05) is 13.8 Å². The Hall–Kier alpha value is -3.87. The molecule has 0 aliphatic heterocycles. The minimum atomic E-state index is -3.57. The number of hydrogen-bond acceptors (Lipinski definition) is 10. The van der Waals surface area contributed by atoms with E-state index in [-0.39, 0.29) is 27.6 Å². The van der Waals surface area contributed by atoms with Crippen molar-refractivity contribution in [2.75, 3.05) is 47.5 Å². The highest BCUT2D eigenvalue weighted by molar-refractivity contribution is 7.92. The highest BCUT2D eigenvalue weighted by Gasteiger charge is 2.23. The Labute approximate surface area is 246 Å². The molecule has 0 aliphatic rings. The molecular formula is C28H36ClN7O4S. The Bertz CT molecular complexity index is 1480. The fourth-order valence-electron chi connectivity index (χ4n) is 3.68. The van der Waals surface area contributed by atoms with Crippen molar-refractivity contribution in [2.45, 2.75) is 37.8 Å². The second-order valence-electron chi connectivity index (χ2n) is 9.03. The van der Waals surface area contributed by atoms with E-state index in [9.17, 15) is 13.2 Å². The number of nitrogens with one attached hydrogen (secondary N) is 5. The fourth-order valence-corrected chi connectivity index (χ4v) is 5.02. The first-order chi connectivity index (χ1) is 19.6. The molecule has 220 valence electrons. The molecule has 0 bridgehead atoms. The van der Waals surface area contributed by atoms with E-state index in [1.54, 1.807) is 44.2 Å². The number of para-hydroxylation sites is 1. The average molecular weight is 602 g/mol. The maximum Gasteiger partial charge on any atom is 0.247 e. The quantitative estimate of drug-likeness (QED) is 0.114. The van der Waals surface area contributed by atoms with E-state index in [0.717, 1.165) is 13.1 Å². The molecule has 3 rings (SSSR count). The number of sulfone groups is 1. The molecule has 0 saturated heterocycles. The van der Waals surface area contributed by atoms with Crippen LogP contribution in [0.25, 0.3) is 0 Å². The van der Waals surface area contributed by atoms with Crippen LogP contribution in [0.4, 0.5) is 34.5 Å². The molecule has 2 aromatic carbocycles. The van der Waals surface area contributed by atoms with Crippen molar-refractivity contribution in [3.8, 4) is 5.75 Å². The normalized spacial score (nSPS) is 11.2. The van der Waals surface area contributed by atoms with Crippen LogP contribution in [0.15, 0.2) is 60.1 Å². The second-order valence-corrected chi connectivity index (χ2v) is 11.9. The summed E-state index contributed by atoms with van der Waals surface area (Å²) in [7, 11) is -3.57. The number of hydrogen-bond donors (Lipinski definition) is 5. The first-order valence-corrected chi connectivity index (χ1v) is 15.1. The number of rotatable bonds is 15. The predicted octanol–water partition coefficient (Wildman–Crippen LogP) is 5.34. The number of likely N-dealkylation sites (N-methyl/N-ethyl adjacent to an activating group) is 1. The summed E-state index contributed by atoms with van der Waals surface area (Å²) in [6.07, 6.45) is 2.58. The molecule has 0 unspecified atom stereocenters. The van der Waals surface area contributed by atoms with E-state index < -0.39 is 15.1 Å². The van der Waals surface area contributed by atoms with E-state index in [0.29, 0.717) is 41.7 Å². The molecule has 13 heteroatoms. The Morgan fingerprint density at radius 1 is 1.07 bits per heavy atom. The Kier molecular flexibility index (Phi) is 11.3. The van der Waals surface area contributed by atoms with Crippen molar-refractivity contribution >= 4 is 61.9 Å². The Morgan fingerprint density at radius 3 is 2.51 bits per heavy atom. The number of aromatic nitrogens is 2. The van der Waals surface area contributed by atoms with Crippen LogP contribution in [-0.2, 0) is 14.6 Å². The van der Waals surface area contributed by atoms with Crippen molar-refractivity contribution in [1.82, 2.24) is 15.3 Å². The van der Waals surface area contributed by atoms with Crippen LogP contribution in [0.3, 0.4) is 0 Å². The van der Waals surface area contributed by atoms with Gasteiger partial charge in [0.25, 0.3) is 0 Å². The van der Waals surface area contributed by atoms with E-state index in [2.05, 4.69) is 43.1 Å². The summed E-state index contributed by atoms with van der Waals surface area (Å²) in [5.74, 6) is 0.488. The lowest BCUT2D eigenvalue weighted by Gasteiger charge is -2.19. The number of nitrogens with zero attached hydrogens (tertiary/aromatic N) is 2. The molecular weight excluding hydrogens is 566 g/mol. The molecule has 0 radical (unpaired) electrons. The first kappa shape index (κ1) is 31.7. The molecule has 0 aliphatic carbocycles. The molecule has 1 aromatic heterocycles. The minimum Gasteiger partial charge on any atom is -0.492 e. The molecule has 11 nitrogen and oxygen atoms in total. The second kappa shape index (κ2) is 14.7. The Balaban J connectivity index is 1.98. The molecule has 0 saturated carbocycles. The summed E-state index contributed by atoms with van der Waals surface area (Å²) in [4.78, 5) is 21.1. The van der Waals surface area contributed by atoms with E-state index in [1.165, 1.54) is 18.3 Å². The molecule has 0 atom stereocenters. The molecule has 5 N–H and O–H groups in total. The molecule has 1 heterocycles. The van der Waals surface area contributed by atoms with Gasteiger partial charge in [-0.1, -0.05) is 37.2 Å². The van der Waals surface area contributed by atoms with Gasteiger partial charge in [-0.3, -0.25) is 4.79 Å². The van der Waals surface area contributed by atoms with Gasteiger partial charge in [0.1, 0.15) is 10.8 Å². The van der Waals surface area contributed by atoms with Gasteiger partial charge in [0.05, 0.1) is 45.7 Å². The molecule has 41 heavy (non-hydrogen) atoms. The average Bonchev–Trinajstić information content (AvgIpc) is 2.94. The lowest BCUT2D eigenvalue weighted by molar-refractivity contribution is -0.111. The minimum absolute atomic E-state index is 0.137. The SMILES string of the molecule is C=CC(=O)Nc1cc(Nc2ncc(Cl)c(Nc3ccccc3S(=O)(=O)C(C)C)n2)c(OCC)cc1NCCNCC. The van der Waals surface area contributed by atoms with Crippen LogP contribution in [0.2, 0.25) is 5.02 Å². The van der Waals surface area contributed by atoms with Crippen LogP contribution in [0.1, 0.15) is 27.7 Å². The summed E-state index contributed by atoms with van der Waals surface area (Å²) in [6, 6.07) is 10.0. The molecule has 0 fully saturated rings. The van der Waals surface area contributed by atoms with Gasteiger partial charge in [-0.2, -0.15) is 4.98 Å². The largest absolute Gasteiger partial charge is 0.492 e. The highest BCUT2D eigenvalue weighted by Crippen LogP contribution is 2.37. The summed E-state index contributed by atoms with van der Waals surface area (Å²) in [5, 5.41) is 15.1. The van der Waals surface area contributed by atoms with Gasteiger partial charge in [-0.05, 0) is 51.6 Å². The van der Waals surface area contributed by atoms with Crippen molar-refractivity contribution < 1.29 is 17.9 Å². The van der Waals surface area contributed by atoms with E-state index >= 15 is 0 Å². The third-order valence-corrected chi connectivity index (χ3v) is 8.27. The van der Waals surface area contributed by atoms with Gasteiger partial charge >= 0.3 is 0 Å². The zero-order valence-corrected chi connectivity index (χ0v) is 25.1. The number of amides is 1. The van der Waals surface area contributed by atoms with Crippen LogP contribution in [0, 0.1) is 0 Å². The number of benzene rings is 2. The van der Waals surface area contributed by atoms with Gasteiger partial charge in [0.2, 0.25) is 11.9 Å². The number of carbonyl (C=O) groups is 1. The monoisotopic (exact) mass is 601 g/mol. The third-order valence-electron chi connectivity index (χ3n) is 5.79. The summed E-state index contributed by atoms with van der Waals surface area (Å²) < 4.78 is 31.7. The van der Waals surface area contributed by atoms with Crippen molar-refractivity contribution in [1.29, 1.82) is 0 Å². The fraction of sp³-hybridized carbons (Fsp3) is 0.321. The maximum absolute atomic E-state index is 12.9. The number of anilines is 6. The van der Waals surface area contributed by atoms with Gasteiger partial charge in [-0.15, -0.1) is 0 Å². The first-order valence-electron chi connectivity index (χ1n) is 13.2. The maximum atomic E-state index is 12.9. The van der Waals surface area contributed by atoms with Crippen LogP contribution in [0.5, 0.6) is 5.75 Å². The van der Waals surface area contributed by atoms with Crippen LogP contribution >= 0.6 is 11.6 Å². The topological polar surface area (TPSA) is 146 Å². The number of ether oxygens (including phenoxy) is 1. The highest BCUT2D eigenvalue weighted by atomic mass is 35.5. The molecule has 1 amide bonds. The van der Waals surface area contributed by atoms with Crippen molar-refractivity contribution in [3.63, 3.8) is 0 Å². The number of carbonyl (C=O) groups excluding carboxylic acids is 1. The molecule has 3 aromatic rings. The van der Waals surface area contributed by atoms with Crippen molar-refractivity contribution in [3.05, 3.63) is 60.3 Å². The van der Waals surface area contributed by atoms with Gasteiger partial charge in [0, 0.05) is 19.2 Å². The van der Waals surface area contributed by atoms with Gasteiger partial charge in [-0.25, -0.2) is 13.4 Å². The summed E-state index contributed by atoms with van der Waals surface area (Å²) >= 11 is 6.39. The lowest BCUT2D eigenvalue weighted by Crippen LogP contribution is -2.22. The van der Waals surface area contributed by atoms with Crippen molar-refractivity contribution in [2.24, 2.45) is 0 Å². The predicted molar refractivity (Wildman–Crippen MR) is 166 cm³/mol. The standard InChI is InChI=1S/C28H36ClN7O4S/c1-6-26(37)33-22-15-23(24(40-8-3)16-21(22)31-14-13-30-7-2)35-28-32-17-19(29)27(36-28)34-20-11-9-10-12-25(20)41(38,39)18(4)5/h6,9-12,15-18,30-31H,1,7-8,13-14H2,2-5H3,(H,33,37)(H2,32,34,35,36). The smallest absolute Gasteiger partial charge is 0.247 e. The lowest BCUT2D eigenvalue weighted by atomic mass is 10.2. The zero-order valence-electron chi connectivity index (χ0n) is 23.5. The summed E-state index contributed by atoms with van der Waals surface area (Å²) in [5.41, 5.74) is 1.98. The summed E-state index contributed by atoms with van der Waals surface area (Å²) in [6.45, 7) is 13.2. The van der Waals surface area contributed by atoms with E-state index in [4.69, 9.17) is 16.3 Å². The van der Waals surface area contributed by atoms with Crippen LogP contribution < -0.4 is 31.3 Å².